The average molecular weight is 144 g/mol. The lowest BCUT2D eigenvalue weighted by atomic mass is 10.6. The highest BCUT2D eigenvalue weighted by Gasteiger charge is 2.13. The predicted octanol–water partition coefficient (Wildman–Crippen LogP) is 0.146. The molecule has 0 rings (SSSR count). The average Bonchev–Trinajstić information content (AvgIpc) is 1.84. The molecule has 0 radical (unpaired) electrons. The molecule has 4 heteroatoms. The molecule has 0 aliphatic carbocycles. The summed E-state index contributed by atoms with van der Waals surface area (Å²) in [6.07, 6.45) is 0. The maximum atomic E-state index is 10.9. The van der Waals surface area contributed by atoms with Crippen molar-refractivity contribution in [1.82, 2.24) is 9.80 Å². The van der Waals surface area contributed by atoms with Crippen LogP contribution in [0.25, 0.3) is 0 Å². The van der Waals surface area contributed by atoms with E-state index in [4.69, 9.17) is 0 Å². The summed E-state index contributed by atoms with van der Waals surface area (Å²) in [5.74, 6) is -0.251. The Labute approximate surface area is 60.4 Å². The minimum atomic E-state index is -0.299. The summed E-state index contributed by atoms with van der Waals surface area (Å²) in [6, 6.07) is -0.299. The Morgan fingerprint density at radius 1 is 1.10 bits per heavy atom. The molecule has 0 fully saturated rings. The van der Waals surface area contributed by atoms with Crippen LogP contribution in [0.1, 0.15) is 6.92 Å². The van der Waals surface area contributed by atoms with Crippen LogP contribution in [0.2, 0.25) is 0 Å². The van der Waals surface area contributed by atoms with Gasteiger partial charge in [0, 0.05) is 28.1 Å². The first kappa shape index (κ1) is 8.94. The first-order valence-corrected chi connectivity index (χ1v) is 2.92. The number of nitrogens with zero attached hydrogens (tertiary/aromatic N) is 2. The lowest BCUT2D eigenvalue weighted by molar-refractivity contribution is -0.125. The molecule has 0 saturated heterocycles. The van der Waals surface area contributed by atoms with Crippen LogP contribution < -0.4 is 0 Å². The van der Waals surface area contributed by atoms with Crippen molar-refractivity contribution in [1.29, 1.82) is 0 Å². The van der Waals surface area contributed by atoms with Crippen LogP contribution in [-0.2, 0) is 4.79 Å². The van der Waals surface area contributed by atoms with Gasteiger partial charge < -0.3 is 4.90 Å². The number of carbonyl (C=O) groups excluding carboxylic acids is 2. The summed E-state index contributed by atoms with van der Waals surface area (Å²) in [5.41, 5.74) is 0. The normalized spacial score (nSPS) is 8.80. The fourth-order valence-corrected chi connectivity index (χ4v) is 0.435. The number of hydrogen-bond donors (Lipinski definition) is 0. The van der Waals surface area contributed by atoms with E-state index >= 15 is 0 Å². The van der Waals surface area contributed by atoms with Crippen LogP contribution in [0.15, 0.2) is 0 Å². The monoisotopic (exact) mass is 144 g/mol. The third kappa shape index (κ3) is 2.05. The Morgan fingerprint density at radius 2 is 1.50 bits per heavy atom. The maximum absolute atomic E-state index is 10.9. The van der Waals surface area contributed by atoms with Gasteiger partial charge in [-0.1, -0.05) is 0 Å². The van der Waals surface area contributed by atoms with Gasteiger partial charge >= 0.3 is 6.03 Å². The van der Waals surface area contributed by atoms with E-state index in [2.05, 4.69) is 0 Å². The molecule has 0 spiro atoms. The van der Waals surface area contributed by atoms with Gasteiger partial charge in [0.2, 0.25) is 5.91 Å². The number of hydrogen-bond acceptors (Lipinski definition) is 2. The largest absolute Gasteiger partial charge is 0.330 e. The summed E-state index contributed by atoms with van der Waals surface area (Å²) in [7, 11) is 4.65. The summed E-state index contributed by atoms with van der Waals surface area (Å²) in [6.45, 7) is 1.35. The minimum Gasteiger partial charge on any atom is -0.330 e. The van der Waals surface area contributed by atoms with Crippen LogP contribution in [-0.4, -0.2) is 42.9 Å². The second-order valence-corrected chi connectivity index (χ2v) is 2.26. The second kappa shape index (κ2) is 3.20. The standard InChI is InChI=1S/C6H12N2O2/c1-5(9)8(4)6(10)7(2)3/h1-4H3. The van der Waals surface area contributed by atoms with Crippen LogP contribution in [0.4, 0.5) is 4.79 Å². The molecular formula is C6H12N2O2. The summed E-state index contributed by atoms with van der Waals surface area (Å²) >= 11 is 0. The molecule has 0 heterocycles. The Morgan fingerprint density at radius 3 is 1.60 bits per heavy atom. The van der Waals surface area contributed by atoms with Crippen molar-refractivity contribution in [3.8, 4) is 0 Å². The molecule has 0 aliphatic heterocycles. The lowest BCUT2D eigenvalue weighted by Gasteiger charge is -2.17. The van der Waals surface area contributed by atoms with Crippen molar-refractivity contribution >= 4 is 11.9 Å². The molecule has 0 aliphatic rings. The first-order valence-electron chi connectivity index (χ1n) is 2.92. The summed E-state index contributed by atoms with van der Waals surface area (Å²) < 4.78 is 0. The van der Waals surface area contributed by atoms with Crippen molar-refractivity contribution in [2.45, 2.75) is 6.92 Å². The number of imide groups is 1. The quantitative estimate of drug-likeness (QED) is 0.485. The number of carbonyl (C=O) groups is 2. The number of rotatable bonds is 0. The van der Waals surface area contributed by atoms with E-state index in [-0.39, 0.29) is 11.9 Å². The fourth-order valence-electron chi connectivity index (χ4n) is 0.435. The highest BCUT2D eigenvalue weighted by molar-refractivity contribution is 5.92. The topological polar surface area (TPSA) is 40.6 Å². The van der Waals surface area contributed by atoms with Crippen molar-refractivity contribution in [3.05, 3.63) is 0 Å². The Kier molecular flexibility index (Phi) is 2.86. The molecule has 0 bridgehead atoms. The molecule has 0 aromatic heterocycles. The molecule has 3 amide bonds. The highest BCUT2D eigenvalue weighted by Crippen LogP contribution is 1.89. The third-order valence-corrected chi connectivity index (χ3v) is 1.14. The minimum absolute atomic E-state index is 0.251. The molecule has 0 aromatic carbocycles. The number of urea groups is 1. The van der Waals surface area contributed by atoms with Crippen molar-refractivity contribution in [3.63, 3.8) is 0 Å². The second-order valence-electron chi connectivity index (χ2n) is 2.26. The summed E-state index contributed by atoms with van der Waals surface area (Å²) in [5, 5.41) is 0. The first-order chi connectivity index (χ1) is 4.46. The van der Waals surface area contributed by atoms with Crippen LogP contribution in [0, 0.1) is 0 Å². The van der Waals surface area contributed by atoms with E-state index in [0.29, 0.717) is 0 Å². The van der Waals surface area contributed by atoms with Crippen LogP contribution >= 0.6 is 0 Å². The number of amides is 3. The Balaban J connectivity index is 4.08. The van der Waals surface area contributed by atoms with Gasteiger partial charge in [0.1, 0.15) is 0 Å². The van der Waals surface area contributed by atoms with Gasteiger partial charge in [-0.15, -0.1) is 0 Å². The molecule has 4 nitrogen and oxygen atoms in total. The predicted molar refractivity (Wildman–Crippen MR) is 37.5 cm³/mol. The van der Waals surface area contributed by atoms with Gasteiger partial charge in [-0.3, -0.25) is 9.69 Å². The molecule has 0 N–H and O–H groups in total. The smallest absolute Gasteiger partial charge is 0.325 e. The van der Waals surface area contributed by atoms with Gasteiger partial charge in [-0.25, -0.2) is 4.79 Å². The summed E-state index contributed by atoms with van der Waals surface area (Å²) in [4.78, 5) is 23.9. The van der Waals surface area contributed by atoms with E-state index in [0.717, 1.165) is 4.90 Å². The molecule has 0 saturated carbocycles. The van der Waals surface area contributed by atoms with Crippen molar-refractivity contribution < 1.29 is 9.59 Å². The zero-order chi connectivity index (χ0) is 8.31. The van der Waals surface area contributed by atoms with E-state index in [1.165, 1.54) is 18.9 Å². The Bertz CT molecular complexity index is 154. The van der Waals surface area contributed by atoms with Gasteiger partial charge in [0.25, 0.3) is 0 Å². The van der Waals surface area contributed by atoms with Gasteiger partial charge in [0.15, 0.2) is 0 Å². The van der Waals surface area contributed by atoms with E-state index in [9.17, 15) is 9.59 Å². The van der Waals surface area contributed by atoms with E-state index < -0.39 is 0 Å². The fraction of sp³-hybridized carbons (Fsp3) is 0.667. The van der Waals surface area contributed by atoms with Gasteiger partial charge in [-0.2, -0.15) is 0 Å². The highest BCUT2D eigenvalue weighted by atomic mass is 16.2. The zero-order valence-electron chi connectivity index (χ0n) is 6.71. The van der Waals surface area contributed by atoms with Gasteiger partial charge in [-0.05, 0) is 0 Å². The van der Waals surface area contributed by atoms with Crippen LogP contribution in [0.3, 0.4) is 0 Å². The van der Waals surface area contributed by atoms with Crippen molar-refractivity contribution in [2.75, 3.05) is 21.1 Å². The van der Waals surface area contributed by atoms with Gasteiger partial charge in [0.05, 0.1) is 0 Å². The zero-order valence-corrected chi connectivity index (χ0v) is 6.71. The van der Waals surface area contributed by atoms with Crippen molar-refractivity contribution in [2.24, 2.45) is 0 Å². The molecule has 0 unspecified atom stereocenters. The van der Waals surface area contributed by atoms with Crippen LogP contribution in [0.5, 0.6) is 0 Å². The molecule has 0 atom stereocenters. The molecular weight excluding hydrogens is 132 g/mol. The van der Waals surface area contributed by atoms with E-state index in [1.54, 1.807) is 14.1 Å². The molecule has 58 valence electrons. The van der Waals surface area contributed by atoms with E-state index in [1.807, 2.05) is 0 Å². The third-order valence-electron chi connectivity index (χ3n) is 1.14. The maximum Gasteiger partial charge on any atom is 0.325 e. The lowest BCUT2D eigenvalue weighted by Crippen LogP contribution is -2.39. The molecule has 10 heavy (non-hydrogen) atoms. The SMILES string of the molecule is CC(=O)N(C)C(=O)N(C)C. The Hall–Kier alpha value is -1.06. The molecule has 0 aromatic rings.